The Morgan fingerprint density at radius 1 is 0.508 bits per heavy atom. The van der Waals surface area contributed by atoms with E-state index in [1.165, 1.54) is 186 Å². The molecular formula is C53H105NO9. The summed E-state index contributed by atoms with van der Waals surface area (Å²) in [7, 11) is 0. The number of aliphatic hydroxyl groups is 5. The molecule has 0 radical (unpaired) electrons. The van der Waals surface area contributed by atoms with Crippen molar-refractivity contribution in [3.8, 4) is 0 Å². The third-order valence-electron chi connectivity index (χ3n) is 13.3. The molecule has 0 aliphatic carbocycles. The van der Waals surface area contributed by atoms with E-state index in [-0.39, 0.29) is 19.1 Å². The Labute approximate surface area is 388 Å². The number of rotatable bonds is 47. The van der Waals surface area contributed by atoms with Gasteiger partial charge in [-0.25, -0.2) is 0 Å². The van der Waals surface area contributed by atoms with Crippen LogP contribution in [0.25, 0.3) is 0 Å². The van der Waals surface area contributed by atoms with E-state index in [9.17, 15) is 30.3 Å². The number of hydrogen-bond donors (Lipinski definition) is 6. The third-order valence-corrected chi connectivity index (χ3v) is 13.3. The number of carbonyl (C=O) groups excluding carboxylic acids is 1. The lowest BCUT2D eigenvalue weighted by Gasteiger charge is -2.40. The van der Waals surface area contributed by atoms with Gasteiger partial charge in [0.2, 0.25) is 5.91 Å². The molecule has 0 aromatic rings. The molecule has 0 spiro atoms. The molecular weight excluding hydrogens is 795 g/mol. The monoisotopic (exact) mass is 900 g/mol. The first-order chi connectivity index (χ1) is 30.8. The Morgan fingerprint density at radius 2 is 0.889 bits per heavy atom. The highest BCUT2D eigenvalue weighted by Gasteiger charge is 2.45. The average Bonchev–Trinajstić information content (AvgIpc) is 3.28. The molecule has 1 rings (SSSR count). The molecule has 6 N–H and O–H groups in total. The van der Waals surface area contributed by atoms with Crippen LogP contribution in [0.3, 0.4) is 0 Å². The number of carbonyl (C=O) groups is 1. The normalized spacial score (nSPS) is 20.5. The minimum atomic E-state index is -1.55. The highest BCUT2D eigenvalue weighted by Crippen LogP contribution is 2.24. The predicted molar refractivity (Wildman–Crippen MR) is 260 cm³/mol. The first-order valence-electron chi connectivity index (χ1n) is 27.3. The molecule has 8 atom stereocenters. The van der Waals surface area contributed by atoms with Gasteiger partial charge in [0.25, 0.3) is 0 Å². The van der Waals surface area contributed by atoms with Crippen molar-refractivity contribution in [1.82, 2.24) is 5.32 Å². The van der Waals surface area contributed by atoms with Crippen molar-refractivity contribution < 1.29 is 44.5 Å². The molecule has 1 aliphatic rings. The lowest BCUT2D eigenvalue weighted by molar-refractivity contribution is -0.304. The highest BCUT2D eigenvalue weighted by atomic mass is 16.7. The molecule has 1 heterocycles. The summed E-state index contributed by atoms with van der Waals surface area (Å²) in [5.41, 5.74) is 0. The van der Waals surface area contributed by atoms with Gasteiger partial charge in [-0.2, -0.15) is 0 Å². The van der Waals surface area contributed by atoms with Crippen LogP contribution in [0.4, 0.5) is 0 Å². The molecule has 0 bridgehead atoms. The third kappa shape index (κ3) is 33.3. The Hall–Kier alpha value is -0.850. The van der Waals surface area contributed by atoms with Gasteiger partial charge in [-0.15, -0.1) is 0 Å². The summed E-state index contributed by atoms with van der Waals surface area (Å²) in [6.07, 6.45) is 37.1. The number of nitrogens with one attached hydrogen (secondary N) is 1. The molecule has 1 amide bonds. The second-order valence-electron chi connectivity index (χ2n) is 19.4. The topological polar surface area (TPSA) is 158 Å². The van der Waals surface area contributed by atoms with Crippen molar-refractivity contribution in [3.63, 3.8) is 0 Å². The molecule has 0 unspecified atom stereocenters. The van der Waals surface area contributed by atoms with Gasteiger partial charge in [-0.05, 0) is 19.3 Å². The largest absolute Gasteiger partial charge is 0.390 e. The van der Waals surface area contributed by atoms with Gasteiger partial charge in [0.05, 0.1) is 25.4 Å². The van der Waals surface area contributed by atoms with Crippen molar-refractivity contribution in [2.75, 3.05) is 19.8 Å². The van der Waals surface area contributed by atoms with Crippen molar-refractivity contribution in [2.24, 2.45) is 0 Å². The molecule has 376 valence electrons. The summed E-state index contributed by atoms with van der Waals surface area (Å²) < 4.78 is 17.2. The van der Waals surface area contributed by atoms with Crippen LogP contribution in [0.15, 0.2) is 0 Å². The van der Waals surface area contributed by atoms with Crippen LogP contribution in [-0.4, -0.2) is 100 Å². The zero-order valence-corrected chi connectivity index (χ0v) is 41.5. The minimum Gasteiger partial charge on any atom is -0.390 e. The maximum atomic E-state index is 13.1. The van der Waals surface area contributed by atoms with E-state index in [4.69, 9.17) is 14.2 Å². The van der Waals surface area contributed by atoms with Crippen LogP contribution < -0.4 is 5.32 Å². The van der Waals surface area contributed by atoms with Crippen LogP contribution >= 0.6 is 0 Å². The van der Waals surface area contributed by atoms with Crippen LogP contribution in [0.5, 0.6) is 0 Å². The SMILES string of the molecule is CCCCCCCCCCCCCCCCCCCCCCCCCC(=O)N[C@@H](CO[C@H]1O[C@H](COCCC)[C@H](O)[C@H](O)[C@H]1O)[C@H](O)[C@H](O)CCCCCCCCCCCCCC. The summed E-state index contributed by atoms with van der Waals surface area (Å²) in [5.74, 6) is -0.227. The summed E-state index contributed by atoms with van der Waals surface area (Å²) in [6.45, 7) is 6.70. The Morgan fingerprint density at radius 3 is 1.29 bits per heavy atom. The number of hydrogen-bond acceptors (Lipinski definition) is 9. The number of aliphatic hydroxyl groups excluding tert-OH is 5. The van der Waals surface area contributed by atoms with Crippen molar-refractivity contribution in [1.29, 1.82) is 0 Å². The van der Waals surface area contributed by atoms with Gasteiger partial charge in [0.1, 0.15) is 30.5 Å². The highest BCUT2D eigenvalue weighted by molar-refractivity contribution is 5.76. The molecule has 0 saturated carbocycles. The zero-order valence-electron chi connectivity index (χ0n) is 41.5. The second kappa shape index (κ2) is 43.7. The molecule has 1 aliphatic heterocycles. The molecule has 10 heteroatoms. The van der Waals surface area contributed by atoms with Gasteiger partial charge in [-0.1, -0.05) is 239 Å². The van der Waals surface area contributed by atoms with Gasteiger partial charge in [-0.3, -0.25) is 4.79 Å². The summed E-state index contributed by atoms with van der Waals surface area (Å²) in [5, 5.41) is 56.8. The fraction of sp³-hybridized carbons (Fsp3) is 0.981. The van der Waals surface area contributed by atoms with Crippen LogP contribution in [0.1, 0.15) is 265 Å². The van der Waals surface area contributed by atoms with Gasteiger partial charge < -0.3 is 45.1 Å². The molecule has 1 saturated heterocycles. The fourth-order valence-electron chi connectivity index (χ4n) is 8.94. The second-order valence-corrected chi connectivity index (χ2v) is 19.4. The Balaban J connectivity index is 2.35. The molecule has 63 heavy (non-hydrogen) atoms. The summed E-state index contributed by atoms with van der Waals surface area (Å²) in [4.78, 5) is 13.1. The maximum absolute atomic E-state index is 13.1. The van der Waals surface area contributed by atoms with E-state index in [0.717, 1.165) is 44.9 Å². The Bertz CT molecular complexity index is 975. The molecule has 0 aromatic carbocycles. The van der Waals surface area contributed by atoms with Crippen molar-refractivity contribution >= 4 is 5.91 Å². The fourth-order valence-corrected chi connectivity index (χ4v) is 8.94. The van der Waals surface area contributed by atoms with E-state index in [1.54, 1.807) is 0 Å². The van der Waals surface area contributed by atoms with Crippen molar-refractivity contribution in [3.05, 3.63) is 0 Å². The lowest BCUT2D eigenvalue weighted by atomic mass is 9.98. The lowest BCUT2D eigenvalue weighted by Crippen LogP contribution is -2.60. The standard InChI is InChI=1S/C53H105NO9/c1-4-7-9-11-13-15-17-19-20-21-22-23-24-25-26-27-28-29-31-33-35-37-39-41-48(56)54-45(43-62-53-52(60)51(59)50(58)47(63-53)44-61-42-6-3)49(57)46(55)40-38-36-34-32-30-18-16-14-12-10-8-5-2/h45-47,49-53,55,57-60H,4-44H2,1-3H3,(H,54,56)/t45-,46+,47+,49-,50-,51-,52+,53-/m0/s1. The van der Waals surface area contributed by atoms with E-state index in [1.807, 2.05) is 6.92 Å². The van der Waals surface area contributed by atoms with E-state index >= 15 is 0 Å². The quantitative estimate of drug-likeness (QED) is 0.0327. The number of amides is 1. The predicted octanol–water partition coefficient (Wildman–Crippen LogP) is 11.9. The number of unbranched alkanes of at least 4 members (excludes halogenated alkanes) is 33. The van der Waals surface area contributed by atoms with Crippen molar-refractivity contribution in [2.45, 2.75) is 314 Å². The van der Waals surface area contributed by atoms with E-state index < -0.39 is 49.0 Å². The van der Waals surface area contributed by atoms with Crippen LogP contribution in [-0.2, 0) is 19.0 Å². The average molecular weight is 900 g/mol. The maximum Gasteiger partial charge on any atom is 0.220 e. The molecule has 1 fully saturated rings. The van der Waals surface area contributed by atoms with Gasteiger partial charge >= 0.3 is 0 Å². The first-order valence-corrected chi connectivity index (χ1v) is 27.3. The molecule has 10 nitrogen and oxygen atoms in total. The van der Waals surface area contributed by atoms with E-state index in [0.29, 0.717) is 19.4 Å². The smallest absolute Gasteiger partial charge is 0.220 e. The molecule has 0 aromatic heterocycles. The van der Waals surface area contributed by atoms with Crippen LogP contribution in [0, 0.1) is 0 Å². The first kappa shape index (κ1) is 60.2. The van der Waals surface area contributed by atoms with Crippen LogP contribution in [0.2, 0.25) is 0 Å². The summed E-state index contributed by atoms with van der Waals surface area (Å²) >= 11 is 0. The summed E-state index contributed by atoms with van der Waals surface area (Å²) in [6, 6.07) is -0.955. The zero-order chi connectivity index (χ0) is 46.0. The number of ether oxygens (including phenoxy) is 3. The van der Waals surface area contributed by atoms with E-state index in [2.05, 4.69) is 19.2 Å². The van der Waals surface area contributed by atoms with Gasteiger partial charge in [0.15, 0.2) is 6.29 Å². The minimum absolute atomic E-state index is 0.0127. The Kier molecular flexibility index (Phi) is 41.7. The van der Waals surface area contributed by atoms with Gasteiger partial charge in [0, 0.05) is 13.0 Å².